The van der Waals surface area contributed by atoms with Crippen LogP contribution in [0.2, 0.25) is 15.1 Å². The van der Waals surface area contributed by atoms with E-state index in [2.05, 4.69) is 39.8 Å². The third kappa shape index (κ3) is 6.28. The monoisotopic (exact) mass is 672 g/mol. The number of ether oxygens (including phenoxy) is 1. The van der Waals surface area contributed by atoms with E-state index in [1.54, 1.807) is 6.07 Å². The van der Waals surface area contributed by atoms with Gasteiger partial charge in [0.1, 0.15) is 16.9 Å². The normalized spacial score (nSPS) is 23.0. The highest BCUT2D eigenvalue weighted by Gasteiger charge is 2.41. The van der Waals surface area contributed by atoms with Gasteiger partial charge in [-0.25, -0.2) is 8.78 Å². The molecule has 236 valence electrons. The summed E-state index contributed by atoms with van der Waals surface area (Å²) < 4.78 is 34.0. The number of benzene rings is 3. The number of hydrogen-bond donors (Lipinski definition) is 2. The summed E-state index contributed by atoms with van der Waals surface area (Å²) in [4.78, 5) is 18.6. The Morgan fingerprint density at radius 2 is 1.73 bits per heavy atom. The molecule has 1 amide bonds. The molecule has 1 saturated carbocycles. The third-order valence-corrected chi connectivity index (χ3v) is 10.4. The van der Waals surface area contributed by atoms with Crippen LogP contribution >= 0.6 is 34.8 Å². The Hall–Kier alpha value is -2.88. The lowest BCUT2D eigenvalue weighted by Crippen LogP contribution is -2.60. The van der Waals surface area contributed by atoms with E-state index >= 15 is 0 Å². The minimum atomic E-state index is -0.711. The van der Waals surface area contributed by atoms with Gasteiger partial charge in [-0.05, 0) is 66.3 Å². The summed E-state index contributed by atoms with van der Waals surface area (Å²) in [7, 11) is 0. The number of piperazine rings is 1. The molecule has 3 aromatic carbocycles. The highest BCUT2D eigenvalue weighted by molar-refractivity contribution is 6.42. The van der Waals surface area contributed by atoms with Crippen LogP contribution in [0.25, 0.3) is 5.57 Å². The highest BCUT2D eigenvalue weighted by Crippen LogP contribution is 2.38. The van der Waals surface area contributed by atoms with Crippen LogP contribution in [-0.4, -0.2) is 61.2 Å². The lowest BCUT2D eigenvalue weighted by Gasteiger charge is -2.41. The van der Waals surface area contributed by atoms with Gasteiger partial charge in [0.25, 0.3) is 5.91 Å². The number of hydrogen-bond acceptors (Lipinski definition) is 5. The summed E-state index contributed by atoms with van der Waals surface area (Å²) in [6.45, 7) is 3.15. The van der Waals surface area contributed by atoms with E-state index in [0.717, 1.165) is 65.9 Å². The van der Waals surface area contributed by atoms with Gasteiger partial charge in [-0.2, -0.15) is 0 Å². The van der Waals surface area contributed by atoms with Crippen LogP contribution in [0.1, 0.15) is 36.8 Å². The SMILES string of the molecule is O=C(C1=C(c2ccc(N3CC[C@@H](Oc4c(F)ccc(F)c4Cl)C3)cc2)C[C@H]2CNC[C@@H]1N2)N(Cc1cccc(Cl)c1Cl)C1CC1. The molecule has 0 aromatic heterocycles. The lowest BCUT2D eigenvalue weighted by molar-refractivity contribution is -0.128. The summed E-state index contributed by atoms with van der Waals surface area (Å²) in [5.41, 5.74) is 4.74. The van der Waals surface area contributed by atoms with Crippen molar-refractivity contribution in [3.63, 3.8) is 0 Å². The smallest absolute Gasteiger partial charge is 0.252 e. The average molecular weight is 674 g/mol. The molecule has 4 aliphatic rings. The number of nitrogens with one attached hydrogen (secondary N) is 2. The molecule has 3 atom stereocenters. The van der Waals surface area contributed by atoms with E-state index in [0.29, 0.717) is 42.6 Å². The van der Waals surface area contributed by atoms with Crippen molar-refractivity contribution in [2.75, 3.05) is 31.1 Å². The van der Waals surface area contributed by atoms with Crippen LogP contribution in [-0.2, 0) is 11.3 Å². The molecule has 0 unspecified atom stereocenters. The first-order valence-corrected chi connectivity index (χ1v) is 16.5. The van der Waals surface area contributed by atoms with Crippen molar-refractivity contribution >= 4 is 52.0 Å². The van der Waals surface area contributed by atoms with E-state index in [9.17, 15) is 13.6 Å². The van der Waals surface area contributed by atoms with Gasteiger partial charge < -0.3 is 25.2 Å². The molecule has 3 fully saturated rings. The first-order chi connectivity index (χ1) is 21.8. The van der Waals surface area contributed by atoms with Gasteiger partial charge in [-0.15, -0.1) is 0 Å². The number of carbonyl (C=O) groups excluding carboxylic acids is 1. The standard InChI is InChI=1S/C34H33Cl3F2N4O2/c35-26-3-1-2-20(31(26)36)17-43(23-8-9-23)34(44)30-25(14-21-15-40-16-29(30)41-21)19-4-6-22(7-5-19)42-13-12-24(18-42)45-33-28(39)11-10-27(38)32(33)37/h1-7,10-11,21,23-24,29,40-41H,8-9,12-18H2/t21-,24+,29-/m0/s1. The van der Waals surface area contributed by atoms with Crippen molar-refractivity contribution in [2.24, 2.45) is 0 Å². The Labute approximate surface area is 276 Å². The topological polar surface area (TPSA) is 56.8 Å². The van der Waals surface area contributed by atoms with Crippen molar-refractivity contribution in [2.45, 2.75) is 56.5 Å². The molecule has 0 radical (unpaired) electrons. The fraction of sp³-hybridized carbons (Fsp3) is 0.382. The quantitative estimate of drug-likeness (QED) is 0.256. The van der Waals surface area contributed by atoms with Gasteiger partial charge in [0.2, 0.25) is 0 Å². The summed E-state index contributed by atoms with van der Waals surface area (Å²) in [6, 6.07) is 16.2. The van der Waals surface area contributed by atoms with Crippen molar-refractivity contribution in [3.05, 3.63) is 98.0 Å². The maximum Gasteiger partial charge on any atom is 0.252 e. The molecule has 11 heteroatoms. The van der Waals surface area contributed by atoms with Crippen molar-refractivity contribution in [1.82, 2.24) is 15.5 Å². The number of nitrogens with zero attached hydrogens (tertiary/aromatic N) is 2. The maximum atomic E-state index is 14.4. The largest absolute Gasteiger partial charge is 0.484 e. The molecule has 1 aliphatic carbocycles. The van der Waals surface area contributed by atoms with Crippen LogP contribution in [0.15, 0.2) is 60.2 Å². The number of rotatable bonds is 8. The molecular weight excluding hydrogens is 641 g/mol. The van der Waals surface area contributed by atoms with Crippen LogP contribution in [0.3, 0.4) is 0 Å². The Balaban J connectivity index is 1.13. The van der Waals surface area contributed by atoms with Crippen LogP contribution in [0.4, 0.5) is 14.5 Å². The minimum absolute atomic E-state index is 0.0371. The first kappa shape index (κ1) is 30.8. The molecule has 45 heavy (non-hydrogen) atoms. The molecule has 7 rings (SSSR count). The van der Waals surface area contributed by atoms with Crippen LogP contribution in [0.5, 0.6) is 5.75 Å². The predicted octanol–water partition coefficient (Wildman–Crippen LogP) is 6.86. The second-order valence-corrected chi connectivity index (χ2v) is 13.4. The minimum Gasteiger partial charge on any atom is -0.484 e. The van der Waals surface area contributed by atoms with Crippen LogP contribution < -0.4 is 20.3 Å². The molecule has 0 spiro atoms. The zero-order valence-corrected chi connectivity index (χ0v) is 26.7. The molecule has 3 heterocycles. The van der Waals surface area contributed by atoms with Gasteiger partial charge in [-0.1, -0.05) is 59.1 Å². The fourth-order valence-electron chi connectivity index (χ4n) is 6.72. The molecular formula is C34H33Cl3F2N4O2. The summed E-state index contributed by atoms with van der Waals surface area (Å²) in [5.74, 6) is -1.60. The third-order valence-electron chi connectivity index (χ3n) is 9.16. The van der Waals surface area contributed by atoms with E-state index in [4.69, 9.17) is 39.5 Å². The zero-order chi connectivity index (χ0) is 31.2. The Morgan fingerprint density at radius 3 is 2.51 bits per heavy atom. The van der Waals surface area contributed by atoms with Gasteiger partial charge in [0, 0.05) is 55.9 Å². The second-order valence-electron chi connectivity index (χ2n) is 12.2. The summed E-state index contributed by atoms with van der Waals surface area (Å²) in [5, 5.41) is 7.80. The molecule has 2 saturated heterocycles. The van der Waals surface area contributed by atoms with E-state index in [1.807, 2.05) is 17.0 Å². The number of amides is 1. The first-order valence-electron chi connectivity index (χ1n) is 15.4. The maximum absolute atomic E-state index is 14.4. The van der Waals surface area contributed by atoms with Gasteiger partial charge >= 0.3 is 0 Å². The molecule has 6 nitrogen and oxygen atoms in total. The Morgan fingerprint density at radius 1 is 0.956 bits per heavy atom. The molecule has 2 bridgehead atoms. The van der Waals surface area contributed by atoms with Crippen molar-refractivity contribution in [1.29, 1.82) is 0 Å². The number of anilines is 1. The Kier molecular flexibility index (Phi) is 8.70. The molecule has 3 aliphatic heterocycles. The molecule has 3 aromatic rings. The zero-order valence-electron chi connectivity index (χ0n) is 24.5. The van der Waals surface area contributed by atoms with Crippen molar-refractivity contribution < 1.29 is 18.3 Å². The number of carbonyl (C=O) groups is 1. The van der Waals surface area contributed by atoms with Gasteiger partial charge in [-0.3, -0.25) is 4.79 Å². The highest BCUT2D eigenvalue weighted by atomic mass is 35.5. The second kappa shape index (κ2) is 12.7. The van der Waals surface area contributed by atoms with E-state index in [1.165, 1.54) is 0 Å². The molecule has 2 N–H and O–H groups in total. The average Bonchev–Trinajstić information content (AvgIpc) is 3.78. The summed E-state index contributed by atoms with van der Waals surface area (Å²) >= 11 is 18.8. The lowest BCUT2D eigenvalue weighted by atomic mass is 9.83. The number of fused-ring (bicyclic) bond motifs is 2. The van der Waals surface area contributed by atoms with Crippen molar-refractivity contribution in [3.8, 4) is 5.75 Å². The number of halogens is 5. The van der Waals surface area contributed by atoms with Crippen LogP contribution in [0, 0.1) is 11.6 Å². The predicted molar refractivity (Wildman–Crippen MR) is 174 cm³/mol. The van der Waals surface area contributed by atoms with E-state index in [-0.39, 0.29) is 40.9 Å². The summed E-state index contributed by atoms with van der Waals surface area (Å²) in [6.07, 6.45) is 2.99. The van der Waals surface area contributed by atoms with Gasteiger partial charge in [0.05, 0.1) is 22.6 Å². The Bertz CT molecular complexity index is 1650. The fourth-order valence-corrected chi connectivity index (χ4v) is 7.29. The van der Waals surface area contributed by atoms with E-state index < -0.39 is 11.6 Å². The van der Waals surface area contributed by atoms with Gasteiger partial charge in [0.15, 0.2) is 11.6 Å².